The first-order chi connectivity index (χ1) is 5.72. The molecule has 1 aliphatic carbocycles. The highest BCUT2D eigenvalue weighted by Gasteiger charge is 2.39. The van der Waals surface area contributed by atoms with Crippen molar-refractivity contribution in [2.75, 3.05) is 13.1 Å². The molecule has 1 nitrogen and oxygen atoms in total. The van der Waals surface area contributed by atoms with Crippen LogP contribution in [0.3, 0.4) is 0 Å². The smallest absolute Gasteiger partial charge is 0.000782 e. The fourth-order valence-electron chi connectivity index (χ4n) is 1.56. The Hall–Kier alpha value is -0.0400. The molecule has 1 saturated carbocycles. The van der Waals surface area contributed by atoms with Crippen molar-refractivity contribution < 1.29 is 0 Å². The Kier molecular flexibility index (Phi) is 3.57. The Morgan fingerprint density at radius 3 is 2.42 bits per heavy atom. The summed E-state index contributed by atoms with van der Waals surface area (Å²) in [4.78, 5) is 0. The van der Waals surface area contributed by atoms with Crippen molar-refractivity contribution in [1.29, 1.82) is 0 Å². The zero-order chi connectivity index (χ0) is 9.03. The van der Waals surface area contributed by atoms with Crippen molar-refractivity contribution in [3.8, 4) is 0 Å². The van der Waals surface area contributed by atoms with E-state index in [0.717, 1.165) is 5.92 Å². The minimum Gasteiger partial charge on any atom is -0.316 e. The van der Waals surface area contributed by atoms with E-state index in [1.54, 1.807) is 0 Å². The molecule has 1 N–H and O–H groups in total. The van der Waals surface area contributed by atoms with Crippen molar-refractivity contribution in [1.82, 2.24) is 5.32 Å². The first kappa shape index (κ1) is 10.0. The molecule has 1 fully saturated rings. The van der Waals surface area contributed by atoms with Crippen molar-refractivity contribution in [2.24, 2.45) is 11.3 Å². The third-order valence-corrected chi connectivity index (χ3v) is 3.40. The summed E-state index contributed by atoms with van der Waals surface area (Å²) < 4.78 is 0. The summed E-state index contributed by atoms with van der Waals surface area (Å²) in [6, 6.07) is 0. The Labute approximate surface area is 76.9 Å². The topological polar surface area (TPSA) is 12.0 Å². The Bertz CT molecular complexity index is 127. The summed E-state index contributed by atoms with van der Waals surface area (Å²) in [6.07, 6.45) is 5.57. The fraction of sp³-hybridized carbons (Fsp3) is 1.00. The lowest BCUT2D eigenvalue weighted by Gasteiger charge is -2.15. The van der Waals surface area contributed by atoms with Gasteiger partial charge in [-0.2, -0.15) is 0 Å². The summed E-state index contributed by atoms with van der Waals surface area (Å²) in [5, 5.41) is 3.59. The van der Waals surface area contributed by atoms with Gasteiger partial charge in [-0.3, -0.25) is 0 Å². The van der Waals surface area contributed by atoms with Gasteiger partial charge in [-0.05, 0) is 37.1 Å². The molecule has 0 saturated heterocycles. The second-order valence-electron chi connectivity index (χ2n) is 4.50. The predicted molar refractivity (Wildman–Crippen MR) is 54.3 cm³/mol. The fourth-order valence-corrected chi connectivity index (χ4v) is 1.56. The van der Waals surface area contributed by atoms with Gasteiger partial charge in [-0.15, -0.1) is 0 Å². The zero-order valence-electron chi connectivity index (χ0n) is 8.82. The normalized spacial score (nSPS) is 22.2. The van der Waals surface area contributed by atoms with Gasteiger partial charge in [0.2, 0.25) is 0 Å². The predicted octanol–water partition coefficient (Wildman–Crippen LogP) is 2.81. The second-order valence-corrected chi connectivity index (χ2v) is 4.50. The number of hydrogen-bond donors (Lipinski definition) is 1. The quantitative estimate of drug-likeness (QED) is 0.644. The van der Waals surface area contributed by atoms with Crippen molar-refractivity contribution in [3.05, 3.63) is 0 Å². The maximum atomic E-state index is 3.59. The molecular formula is C11H23N. The minimum atomic E-state index is 0.716. The summed E-state index contributed by atoms with van der Waals surface area (Å²) in [5.74, 6) is 0.845. The van der Waals surface area contributed by atoms with Crippen LogP contribution < -0.4 is 5.32 Å². The van der Waals surface area contributed by atoms with Crippen LogP contribution in [0.25, 0.3) is 0 Å². The average Bonchev–Trinajstić information content (AvgIpc) is 2.85. The van der Waals surface area contributed by atoms with Crippen LogP contribution in [0.15, 0.2) is 0 Å². The third-order valence-electron chi connectivity index (χ3n) is 3.40. The lowest BCUT2D eigenvalue weighted by Crippen LogP contribution is -2.27. The molecule has 72 valence electrons. The largest absolute Gasteiger partial charge is 0.316 e. The van der Waals surface area contributed by atoms with Gasteiger partial charge in [0.05, 0.1) is 0 Å². The third kappa shape index (κ3) is 2.78. The van der Waals surface area contributed by atoms with Crippen LogP contribution in [0.5, 0.6) is 0 Å². The summed E-state index contributed by atoms with van der Waals surface area (Å²) >= 11 is 0. The first-order valence-corrected chi connectivity index (χ1v) is 5.43. The van der Waals surface area contributed by atoms with Crippen molar-refractivity contribution >= 4 is 0 Å². The standard InChI is InChI=1S/C11H23N/c1-4-10(3)8-12-9-11(5-2)6-7-11/h10,12H,4-9H2,1-3H3. The molecule has 0 bridgehead atoms. The second kappa shape index (κ2) is 4.27. The zero-order valence-corrected chi connectivity index (χ0v) is 8.82. The summed E-state index contributed by atoms with van der Waals surface area (Å²) in [7, 11) is 0. The Balaban J connectivity index is 2.02. The number of rotatable bonds is 6. The van der Waals surface area contributed by atoms with E-state index < -0.39 is 0 Å². The van der Waals surface area contributed by atoms with Gasteiger partial charge in [-0.1, -0.05) is 27.2 Å². The van der Waals surface area contributed by atoms with Crippen LogP contribution >= 0.6 is 0 Å². The average molecular weight is 169 g/mol. The van der Waals surface area contributed by atoms with Crippen LogP contribution in [0.4, 0.5) is 0 Å². The van der Waals surface area contributed by atoms with E-state index >= 15 is 0 Å². The molecule has 0 spiro atoms. The van der Waals surface area contributed by atoms with E-state index in [9.17, 15) is 0 Å². The van der Waals surface area contributed by atoms with Gasteiger partial charge in [0.1, 0.15) is 0 Å². The molecule has 0 aromatic rings. The van der Waals surface area contributed by atoms with Gasteiger partial charge in [-0.25, -0.2) is 0 Å². The maximum Gasteiger partial charge on any atom is 0.000782 e. The van der Waals surface area contributed by atoms with Crippen LogP contribution in [0, 0.1) is 11.3 Å². The summed E-state index contributed by atoms with van der Waals surface area (Å²) in [5.41, 5.74) is 0.716. The van der Waals surface area contributed by atoms with Crippen LogP contribution in [0.2, 0.25) is 0 Å². The van der Waals surface area contributed by atoms with Crippen LogP contribution in [-0.4, -0.2) is 13.1 Å². The molecule has 0 aromatic heterocycles. The number of nitrogens with one attached hydrogen (secondary N) is 1. The Morgan fingerprint density at radius 2 is 2.00 bits per heavy atom. The number of hydrogen-bond acceptors (Lipinski definition) is 1. The highest BCUT2D eigenvalue weighted by molar-refractivity contribution is 4.93. The summed E-state index contributed by atoms with van der Waals surface area (Å²) in [6.45, 7) is 9.36. The van der Waals surface area contributed by atoms with Gasteiger partial charge in [0.15, 0.2) is 0 Å². The minimum absolute atomic E-state index is 0.716. The lowest BCUT2D eigenvalue weighted by atomic mass is 10.0. The molecule has 0 aromatic carbocycles. The molecule has 1 unspecified atom stereocenters. The van der Waals surface area contributed by atoms with Gasteiger partial charge < -0.3 is 5.32 Å². The Morgan fingerprint density at radius 1 is 1.33 bits per heavy atom. The van der Waals surface area contributed by atoms with Gasteiger partial charge >= 0.3 is 0 Å². The highest BCUT2D eigenvalue weighted by atomic mass is 14.9. The van der Waals surface area contributed by atoms with E-state index in [1.165, 1.54) is 38.8 Å². The molecule has 1 aliphatic rings. The molecule has 1 heteroatoms. The van der Waals surface area contributed by atoms with E-state index in [4.69, 9.17) is 0 Å². The molecule has 0 amide bonds. The van der Waals surface area contributed by atoms with Gasteiger partial charge in [0, 0.05) is 6.54 Å². The highest BCUT2D eigenvalue weighted by Crippen LogP contribution is 2.47. The molecule has 0 heterocycles. The molecule has 0 radical (unpaired) electrons. The molecule has 1 rings (SSSR count). The van der Waals surface area contributed by atoms with Crippen molar-refractivity contribution in [3.63, 3.8) is 0 Å². The van der Waals surface area contributed by atoms with Crippen LogP contribution in [-0.2, 0) is 0 Å². The monoisotopic (exact) mass is 169 g/mol. The molecular weight excluding hydrogens is 146 g/mol. The SMILES string of the molecule is CCC(C)CNCC1(CC)CC1. The molecule has 12 heavy (non-hydrogen) atoms. The molecule has 0 aliphatic heterocycles. The van der Waals surface area contributed by atoms with E-state index in [-0.39, 0.29) is 0 Å². The molecule has 1 atom stereocenters. The van der Waals surface area contributed by atoms with E-state index in [1.807, 2.05) is 0 Å². The maximum absolute atomic E-state index is 3.59. The lowest BCUT2D eigenvalue weighted by molar-refractivity contribution is 0.410. The van der Waals surface area contributed by atoms with Crippen LogP contribution in [0.1, 0.15) is 46.5 Å². The van der Waals surface area contributed by atoms with E-state index in [0.29, 0.717) is 5.41 Å². The van der Waals surface area contributed by atoms with Crippen molar-refractivity contribution in [2.45, 2.75) is 46.5 Å². The van der Waals surface area contributed by atoms with E-state index in [2.05, 4.69) is 26.1 Å². The first-order valence-electron chi connectivity index (χ1n) is 5.43. The van der Waals surface area contributed by atoms with Gasteiger partial charge in [0.25, 0.3) is 0 Å².